The minimum absolute atomic E-state index is 0.0960. The molecule has 0 fully saturated rings. The summed E-state index contributed by atoms with van der Waals surface area (Å²) >= 11 is 5.89. The van der Waals surface area contributed by atoms with E-state index in [4.69, 9.17) is 11.6 Å². The van der Waals surface area contributed by atoms with Crippen LogP contribution in [0.25, 0.3) is 0 Å². The molecule has 0 saturated heterocycles. The van der Waals surface area contributed by atoms with Crippen molar-refractivity contribution in [3.05, 3.63) is 34.6 Å². The van der Waals surface area contributed by atoms with E-state index in [9.17, 15) is 4.39 Å². The Morgan fingerprint density at radius 3 is 2.77 bits per heavy atom. The molecule has 1 N–H and O–H groups in total. The number of hydrogen-bond donors (Lipinski definition) is 1. The van der Waals surface area contributed by atoms with Crippen LogP contribution in [0.4, 0.5) is 4.39 Å². The molecule has 0 saturated carbocycles. The molecule has 1 atom stereocenters. The molecule has 0 heterocycles. The maximum absolute atomic E-state index is 13.3. The van der Waals surface area contributed by atoms with Crippen LogP contribution < -0.4 is 5.32 Å². The molecule has 1 unspecified atom stereocenters. The van der Waals surface area contributed by atoms with Crippen LogP contribution in [0.5, 0.6) is 0 Å². The Morgan fingerprint density at radius 1 is 1.54 bits per heavy atom. The van der Waals surface area contributed by atoms with E-state index in [1.165, 1.54) is 6.07 Å². The van der Waals surface area contributed by atoms with E-state index in [0.29, 0.717) is 10.6 Å². The number of benzene rings is 1. The van der Waals surface area contributed by atoms with Gasteiger partial charge < -0.3 is 5.32 Å². The van der Waals surface area contributed by atoms with Crippen LogP contribution in [0, 0.1) is 5.82 Å². The van der Waals surface area contributed by atoms with E-state index in [0.717, 1.165) is 6.54 Å². The summed E-state index contributed by atoms with van der Waals surface area (Å²) in [4.78, 5) is 0. The molecule has 0 radical (unpaired) electrons. The SMILES string of the molecule is CNCC(C)c1c(F)cccc1Cl. The highest BCUT2D eigenvalue weighted by Gasteiger charge is 2.13. The first-order valence-electron chi connectivity index (χ1n) is 4.25. The number of rotatable bonds is 3. The van der Waals surface area contributed by atoms with E-state index in [1.807, 2.05) is 14.0 Å². The Bertz CT molecular complexity index is 268. The maximum atomic E-state index is 13.3. The van der Waals surface area contributed by atoms with Crippen LogP contribution in [-0.2, 0) is 0 Å². The maximum Gasteiger partial charge on any atom is 0.128 e. The third-order valence-corrected chi connectivity index (χ3v) is 2.33. The van der Waals surface area contributed by atoms with Crippen molar-refractivity contribution in [2.24, 2.45) is 0 Å². The molecule has 1 aromatic rings. The van der Waals surface area contributed by atoms with Gasteiger partial charge in [0.1, 0.15) is 5.82 Å². The average molecular weight is 202 g/mol. The van der Waals surface area contributed by atoms with Gasteiger partial charge in [0.2, 0.25) is 0 Å². The third kappa shape index (κ3) is 2.42. The fraction of sp³-hybridized carbons (Fsp3) is 0.400. The fourth-order valence-corrected chi connectivity index (χ4v) is 1.74. The molecule has 0 aromatic heterocycles. The molecule has 72 valence electrons. The summed E-state index contributed by atoms with van der Waals surface area (Å²) in [6.07, 6.45) is 0. The van der Waals surface area contributed by atoms with Gasteiger partial charge >= 0.3 is 0 Å². The van der Waals surface area contributed by atoms with Crippen LogP contribution in [0.1, 0.15) is 18.4 Å². The quantitative estimate of drug-likeness (QED) is 0.793. The number of hydrogen-bond acceptors (Lipinski definition) is 1. The van der Waals surface area contributed by atoms with Crippen molar-refractivity contribution in [1.29, 1.82) is 0 Å². The minimum Gasteiger partial charge on any atom is -0.319 e. The summed E-state index contributed by atoms with van der Waals surface area (Å²) in [7, 11) is 1.84. The predicted molar refractivity (Wildman–Crippen MR) is 53.8 cm³/mol. The second kappa shape index (κ2) is 4.58. The summed E-state index contributed by atoms with van der Waals surface area (Å²) in [5, 5.41) is 3.50. The van der Waals surface area contributed by atoms with Crippen molar-refractivity contribution in [1.82, 2.24) is 5.32 Å². The van der Waals surface area contributed by atoms with Gasteiger partial charge in [0.25, 0.3) is 0 Å². The molecule has 0 spiro atoms. The van der Waals surface area contributed by atoms with E-state index >= 15 is 0 Å². The lowest BCUT2D eigenvalue weighted by molar-refractivity contribution is 0.577. The summed E-state index contributed by atoms with van der Waals surface area (Å²) < 4.78 is 13.3. The molecule has 1 nitrogen and oxygen atoms in total. The molecule has 0 aliphatic rings. The highest BCUT2D eigenvalue weighted by atomic mass is 35.5. The lowest BCUT2D eigenvalue weighted by Crippen LogP contribution is -2.16. The van der Waals surface area contributed by atoms with Gasteiger partial charge in [0.05, 0.1) is 0 Å². The molecule has 1 aromatic carbocycles. The average Bonchev–Trinajstić information content (AvgIpc) is 2.04. The Kier molecular flexibility index (Phi) is 3.70. The van der Waals surface area contributed by atoms with E-state index in [-0.39, 0.29) is 11.7 Å². The van der Waals surface area contributed by atoms with Crippen molar-refractivity contribution in [3.8, 4) is 0 Å². The Hall–Kier alpha value is -0.600. The second-order valence-electron chi connectivity index (χ2n) is 3.09. The van der Waals surface area contributed by atoms with Gasteiger partial charge in [0.15, 0.2) is 0 Å². The van der Waals surface area contributed by atoms with Crippen LogP contribution in [0.2, 0.25) is 5.02 Å². The fourth-order valence-electron chi connectivity index (χ4n) is 1.39. The van der Waals surface area contributed by atoms with Crippen molar-refractivity contribution in [3.63, 3.8) is 0 Å². The van der Waals surface area contributed by atoms with Gasteiger partial charge in [-0.2, -0.15) is 0 Å². The summed E-state index contributed by atoms with van der Waals surface area (Å²) in [5.74, 6) is -0.131. The molecule has 0 aliphatic carbocycles. The number of likely N-dealkylation sites (N-methyl/N-ethyl adjacent to an activating group) is 1. The second-order valence-corrected chi connectivity index (χ2v) is 3.50. The summed E-state index contributed by atoms with van der Waals surface area (Å²) in [6.45, 7) is 2.67. The summed E-state index contributed by atoms with van der Waals surface area (Å²) in [6, 6.07) is 4.77. The first-order valence-corrected chi connectivity index (χ1v) is 4.63. The Morgan fingerprint density at radius 2 is 2.23 bits per heavy atom. The van der Waals surface area contributed by atoms with E-state index in [1.54, 1.807) is 12.1 Å². The molecular formula is C10H13ClFN. The zero-order valence-electron chi connectivity index (χ0n) is 7.77. The van der Waals surface area contributed by atoms with Crippen molar-refractivity contribution >= 4 is 11.6 Å². The standard InChI is InChI=1S/C10H13ClFN/c1-7(6-13-2)10-8(11)4-3-5-9(10)12/h3-5,7,13H,6H2,1-2H3. The monoisotopic (exact) mass is 201 g/mol. The van der Waals surface area contributed by atoms with Gasteiger partial charge in [-0.05, 0) is 25.1 Å². The third-order valence-electron chi connectivity index (χ3n) is 2.00. The molecule has 13 heavy (non-hydrogen) atoms. The van der Waals surface area contributed by atoms with Crippen LogP contribution in [-0.4, -0.2) is 13.6 Å². The van der Waals surface area contributed by atoms with Gasteiger partial charge in [-0.1, -0.05) is 24.6 Å². The highest BCUT2D eigenvalue weighted by Crippen LogP contribution is 2.26. The predicted octanol–water partition coefficient (Wildman–Crippen LogP) is 2.80. The first kappa shape index (κ1) is 10.5. The largest absolute Gasteiger partial charge is 0.319 e. The van der Waals surface area contributed by atoms with Crippen LogP contribution >= 0.6 is 11.6 Å². The van der Waals surface area contributed by atoms with E-state index in [2.05, 4.69) is 5.32 Å². The number of halogens is 2. The Balaban J connectivity index is 2.98. The van der Waals surface area contributed by atoms with Crippen molar-refractivity contribution in [2.75, 3.05) is 13.6 Å². The lowest BCUT2D eigenvalue weighted by atomic mass is 10.0. The zero-order valence-corrected chi connectivity index (χ0v) is 8.53. The molecule has 3 heteroatoms. The minimum atomic E-state index is -0.227. The molecule has 0 amide bonds. The normalized spacial score (nSPS) is 12.9. The topological polar surface area (TPSA) is 12.0 Å². The molecule has 0 aliphatic heterocycles. The lowest BCUT2D eigenvalue weighted by Gasteiger charge is -2.13. The van der Waals surface area contributed by atoms with Crippen LogP contribution in [0.15, 0.2) is 18.2 Å². The highest BCUT2D eigenvalue weighted by molar-refractivity contribution is 6.31. The Labute approximate surface area is 82.9 Å². The van der Waals surface area contributed by atoms with Gasteiger partial charge in [-0.3, -0.25) is 0 Å². The van der Waals surface area contributed by atoms with Crippen molar-refractivity contribution < 1.29 is 4.39 Å². The zero-order chi connectivity index (χ0) is 9.84. The molecule has 1 rings (SSSR count). The number of nitrogens with one attached hydrogen (secondary N) is 1. The van der Waals surface area contributed by atoms with Gasteiger partial charge in [0, 0.05) is 17.1 Å². The van der Waals surface area contributed by atoms with Gasteiger partial charge in [-0.25, -0.2) is 4.39 Å². The molecule has 0 bridgehead atoms. The first-order chi connectivity index (χ1) is 6.16. The van der Waals surface area contributed by atoms with Crippen molar-refractivity contribution in [2.45, 2.75) is 12.8 Å². The van der Waals surface area contributed by atoms with E-state index < -0.39 is 0 Å². The smallest absolute Gasteiger partial charge is 0.128 e. The van der Waals surface area contributed by atoms with Gasteiger partial charge in [-0.15, -0.1) is 0 Å². The van der Waals surface area contributed by atoms with Crippen LogP contribution in [0.3, 0.4) is 0 Å². The summed E-state index contributed by atoms with van der Waals surface area (Å²) in [5.41, 5.74) is 0.596. The molecular weight excluding hydrogens is 189 g/mol.